The molecule has 0 atom stereocenters. The number of hydrogen-bond donors (Lipinski definition) is 1. The number of benzene rings is 1. The van der Waals surface area contributed by atoms with E-state index in [4.69, 9.17) is 16.3 Å². The number of anilines is 2. The van der Waals surface area contributed by atoms with Gasteiger partial charge in [-0.1, -0.05) is 11.6 Å². The average molecular weight is 371 g/mol. The molecule has 1 aromatic carbocycles. The summed E-state index contributed by atoms with van der Waals surface area (Å²) < 4.78 is 34.2. The Labute approximate surface area is 144 Å². The van der Waals surface area contributed by atoms with E-state index in [0.717, 1.165) is 0 Å². The Morgan fingerprint density at radius 2 is 2.25 bits per heavy atom. The molecule has 2 aromatic rings. The Morgan fingerprint density at radius 3 is 2.92 bits per heavy atom. The van der Waals surface area contributed by atoms with Gasteiger partial charge in [0.15, 0.2) is 5.15 Å². The Hall–Kier alpha value is -2.26. The highest BCUT2D eigenvalue weighted by Crippen LogP contribution is 2.38. The van der Waals surface area contributed by atoms with Crippen molar-refractivity contribution < 1.29 is 17.9 Å². The van der Waals surface area contributed by atoms with Gasteiger partial charge >= 0.3 is 0 Å². The number of amides is 1. The number of ether oxygens (including phenoxy) is 1. The fourth-order valence-corrected chi connectivity index (χ4v) is 4.33. The lowest BCUT2D eigenvalue weighted by molar-refractivity contribution is -0.105. The van der Waals surface area contributed by atoms with Gasteiger partial charge in [-0.3, -0.25) is 13.8 Å². The average Bonchev–Trinajstić information content (AvgIpc) is 2.96. The Balaban J connectivity index is 2.08. The molecule has 8 nitrogen and oxygen atoms in total. The standard InChI is InChI=1S/C14H15ClN4O4S/c1-2-18-8-13(14(15)17-18)24(21,22)19-5-6-23-12-4-3-10(16-9-20)7-11(12)19/h3-4,7-9H,2,5-6H2,1H3,(H,16,20). The smallest absolute Gasteiger partial charge is 0.269 e. The molecule has 1 amide bonds. The first-order chi connectivity index (χ1) is 11.5. The normalized spacial score (nSPS) is 14.0. The number of nitrogens with zero attached hydrogens (tertiary/aromatic N) is 3. The van der Waals surface area contributed by atoms with E-state index in [9.17, 15) is 13.2 Å². The minimum absolute atomic E-state index is 0.0624. The maximum Gasteiger partial charge on any atom is 0.269 e. The number of aromatic nitrogens is 2. The molecule has 0 fully saturated rings. The predicted octanol–water partition coefficient (Wildman–Crippen LogP) is 1.71. The molecule has 0 saturated heterocycles. The third kappa shape index (κ3) is 2.80. The van der Waals surface area contributed by atoms with Crippen LogP contribution in [0, 0.1) is 0 Å². The first-order valence-electron chi connectivity index (χ1n) is 7.20. The zero-order valence-electron chi connectivity index (χ0n) is 12.8. The molecule has 1 aliphatic rings. The molecule has 1 aromatic heterocycles. The van der Waals surface area contributed by atoms with Crippen LogP contribution in [0.1, 0.15) is 6.92 Å². The summed E-state index contributed by atoms with van der Waals surface area (Å²) in [4.78, 5) is 10.6. The molecule has 2 heterocycles. The molecule has 0 unspecified atom stereocenters. The molecule has 0 spiro atoms. The number of carbonyl (C=O) groups is 1. The van der Waals surface area contributed by atoms with Crippen molar-refractivity contribution in [2.45, 2.75) is 18.4 Å². The molecule has 3 rings (SSSR count). The van der Waals surface area contributed by atoms with Crippen LogP contribution in [0.2, 0.25) is 5.15 Å². The molecule has 0 radical (unpaired) electrons. The predicted molar refractivity (Wildman–Crippen MR) is 89.1 cm³/mol. The topological polar surface area (TPSA) is 93.5 Å². The molecular weight excluding hydrogens is 356 g/mol. The number of carbonyl (C=O) groups excluding carboxylic acids is 1. The van der Waals surface area contributed by atoms with Crippen LogP contribution in [0.4, 0.5) is 11.4 Å². The largest absolute Gasteiger partial charge is 0.489 e. The summed E-state index contributed by atoms with van der Waals surface area (Å²) in [5, 5.41) is 6.40. The summed E-state index contributed by atoms with van der Waals surface area (Å²) in [5.41, 5.74) is 0.804. The van der Waals surface area contributed by atoms with E-state index in [1.165, 1.54) is 15.2 Å². The highest BCUT2D eigenvalue weighted by molar-refractivity contribution is 7.93. The molecule has 10 heteroatoms. The van der Waals surface area contributed by atoms with E-state index in [1.807, 2.05) is 6.92 Å². The van der Waals surface area contributed by atoms with Gasteiger partial charge in [-0.2, -0.15) is 5.10 Å². The molecule has 0 bridgehead atoms. The van der Waals surface area contributed by atoms with Crippen molar-refractivity contribution in [1.29, 1.82) is 0 Å². The lowest BCUT2D eigenvalue weighted by atomic mass is 10.2. The Kier molecular flexibility index (Phi) is 4.37. The zero-order valence-corrected chi connectivity index (χ0v) is 14.3. The lowest BCUT2D eigenvalue weighted by Crippen LogP contribution is -2.38. The number of halogens is 1. The van der Waals surface area contributed by atoms with Crippen molar-refractivity contribution in [2.75, 3.05) is 22.8 Å². The van der Waals surface area contributed by atoms with Gasteiger partial charge in [0.25, 0.3) is 10.0 Å². The van der Waals surface area contributed by atoms with Gasteiger partial charge in [-0.15, -0.1) is 0 Å². The highest BCUT2D eigenvalue weighted by Gasteiger charge is 2.33. The third-order valence-electron chi connectivity index (χ3n) is 3.58. The number of nitrogens with one attached hydrogen (secondary N) is 1. The number of aryl methyl sites for hydroxylation is 1. The summed E-state index contributed by atoms with van der Waals surface area (Å²) in [5.74, 6) is 0.417. The quantitative estimate of drug-likeness (QED) is 0.809. The van der Waals surface area contributed by atoms with Crippen molar-refractivity contribution in [2.24, 2.45) is 0 Å². The van der Waals surface area contributed by atoms with E-state index in [2.05, 4.69) is 10.4 Å². The van der Waals surface area contributed by atoms with Crippen molar-refractivity contribution in [3.63, 3.8) is 0 Å². The van der Waals surface area contributed by atoms with Gasteiger partial charge in [0.05, 0.1) is 12.2 Å². The minimum atomic E-state index is -3.91. The van der Waals surface area contributed by atoms with Crippen LogP contribution >= 0.6 is 11.6 Å². The van der Waals surface area contributed by atoms with Gasteiger partial charge in [0.2, 0.25) is 6.41 Å². The second kappa shape index (κ2) is 6.33. The molecule has 1 N–H and O–H groups in total. The van der Waals surface area contributed by atoms with Gasteiger partial charge in [0, 0.05) is 18.4 Å². The lowest BCUT2D eigenvalue weighted by Gasteiger charge is -2.30. The second-order valence-corrected chi connectivity index (χ2v) is 7.20. The van der Waals surface area contributed by atoms with Crippen molar-refractivity contribution >= 4 is 39.4 Å². The van der Waals surface area contributed by atoms with Crippen LogP contribution in [-0.4, -0.2) is 37.8 Å². The van der Waals surface area contributed by atoms with E-state index in [0.29, 0.717) is 30.1 Å². The van der Waals surface area contributed by atoms with Crippen LogP contribution in [0.3, 0.4) is 0 Å². The molecule has 1 aliphatic heterocycles. The molecule has 128 valence electrons. The molecule has 24 heavy (non-hydrogen) atoms. The molecule has 0 saturated carbocycles. The summed E-state index contributed by atoms with van der Waals surface area (Å²) in [6.45, 7) is 2.68. The molecular formula is C14H15ClN4O4S. The monoisotopic (exact) mass is 370 g/mol. The third-order valence-corrected chi connectivity index (χ3v) is 5.79. The van der Waals surface area contributed by atoms with Crippen LogP contribution in [0.25, 0.3) is 0 Å². The van der Waals surface area contributed by atoms with Crippen LogP contribution in [-0.2, 0) is 21.4 Å². The molecule has 0 aliphatic carbocycles. The summed E-state index contributed by atoms with van der Waals surface area (Å²) in [6.07, 6.45) is 1.92. The maximum absolute atomic E-state index is 13.0. The van der Waals surface area contributed by atoms with Gasteiger partial charge in [-0.25, -0.2) is 8.42 Å². The summed E-state index contributed by atoms with van der Waals surface area (Å²) in [7, 11) is -3.91. The summed E-state index contributed by atoms with van der Waals surface area (Å²) >= 11 is 6.01. The number of fused-ring (bicyclic) bond motifs is 1. The van der Waals surface area contributed by atoms with E-state index in [1.54, 1.807) is 18.2 Å². The van der Waals surface area contributed by atoms with Crippen molar-refractivity contribution in [3.8, 4) is 5.75 Å². The SMILES string of the molecule is CCn1cc(S(=O)(=O)N2CCOc3ccc(NC=O)cc32)c(Cl)n1. The fourth-order valence-electron chi connectivity index (χ4n) is 2.43. The van der Waals surface area contributed by atoms with Crippen LogP contribution < -0.4 is 14.4 Å². The van der Waals surface area contributed by atoms with Gasteiger partial charge < -0.3 is 10.1 Å². The highest BCUT2D eigenvalue weighted by atomic mass is 35.5. The number of sulfonamides is 1. The van der Waals surface area contributed by atoms with Crippen LogP contribution in [0.5, 0.6) is 5.75 Å². The number of rotatable bonds is 5. The van der Waals surface area contributed by atoms with E-state index >= 15 is 0 Å². The Bertz CT molecular complexity index is 881. The zero-order chi connectivity index (χ0) is 17.3. The minimum Gasteiger partial charge on any atom is -0.489 e. The van der Waals surface area contributed by atoms with E-state index in [-0.39, 0.29) is 23.2 Å². The maximum atomic E-state index is 13.0. The first kappa shape index (κ1) is 16.6. The fraction of sp³-hybridized carbons (Fsp3) is 0.286. The summed E-state index contributed by atoms with van der Waals surface area (Å²) in [6, 6.07) is 4.78. The number of hydrogen-bond acceptors (Lipinski definition) is 5. The Morgan fingerprint density at radius 1 is 1.46 bits per heavy atom. The van der Waals surface area contributed by atoms with Crippen molar-refractivity contribution in [1.82, 2.24) is 9.78 Å². The van der Waals surface area contributed by atoms with E-state index < -0.39 is 10.0 Å². The van der Waals surface area contributed by atoms with Gasteiger partial charge in [-0.05, 0) is 25.1 Å². The van der Waals surface area contributed by atoms with Gasteiger partial charge in [0.1, 0.15) is 17.3 Å². The van der Waals surface area contributed by atoms with Crippen LogP contribution in [0.15, 0.2) is 29.3 Å². The first-order valence-corrected chi connectivity index (χ1v) is 9.02. The second-order valence-electron chi connectivity index (χ2n) is 5.01. The van der Waals surface area contributed by atoms with Crippen molar-refractivity contribution in [3.05, 3.63) is 29.5 Å².